The summed E-state index contributed by atoms with van der Waals surface area (Å²) in [5.74, 6) is 0.405. The van der Waals surface area contributed by atoms with Crippen molar-refractivity contribution < 1.29 is 0 Å². The van der Waals surface area contributed by atoms with Crippen LogP contribution in [0.25, 0.3) is 66.1 Å². The van der Waals surface area contributed by atoms with Crippen molar-refractivity contribution in [2.45, 2.75) is 11.8 Å². The lowest BCUT2D eigenvalue weighted by atomic mass is 9.60. The summed E-state index contributed by atoms with van der Waals surface area (Å²) in [6.45, 7) is 0. The molecule has 2 aromatic heterocycles. The quantitative estimate of drug-likeness (QED) is 0.111. The SMILES string of the molecule is c1ccc(-c2cccc([Si](c3ccccc3)(c3ccccc3)c3cccc(-n4c5ccccc5c5cc(-n6c7ccccc7c7c8c(ccc76)C6c7ccccc7C8c7ccccc76)ccc54)c3)c2)cc1. The van der Waals surface area contributed by atoms with E-state index in [-0.39, 0.29) is 11.8 Å². The van der Waals surface area contributed by atoms with Crippen molar-refractivity contribution in [3.8, 4) is 22.5 Å². The normalized spacial score (nSPS) is 14.8. The number of benzene rings is 11. The van der Waals surface area contributed by atoms with Crippen molar-refractivity contribution >= 4 is 72.4 Å². The molecule has 71 heavy (non-hydrogen) atoms. The van der Waals surface area contributed by atoms with Gasteiger partial charge < -0.3 is 9.13 Å². The largest absolute Gasteiger partial charge is 0.309 e. The maximum atomic E-state index is 2.53. The van der Waals surface area contributed by atoms with Crippen LogP contribution in [0.4, 0.5) is 0 Å². The summed E-state index contributed by atoms with van der Waals surface area (Å²) in [5.41, 5.74) is 18.3. The molecule has 3 aliphatic carbocycles. The molecule has 0 saturated heterocycles. The Balaban J connectivity index is 0.939. The Morgan fingerprint density at radius 1 is 0.268 bits per heavy atom. The van der Waals surface area contributed by atoms with Gasteiger partial charge in [0.15, 0.2) is 8.07 Å². The van der Waals surface area contributed by atoms with Gasteiger partial charge in [-0.1, -0.05) is 218 Å². The van der Waals surface area contributed by atoms with Gasteiger partial charge in [-0.25, -0.2) is 0 Å². The van der Waals surface area contributed by atoms with Gasteiger partial charge >= 0.3 is 0 Å². The third kappa shape index (κ3) is 5.75. The van der Waals surface area contributed by atoms with Gasteiger partial charge in [0.2, 0.25) is 0 Å². The lowest BCUT2D eigenvalue weighted by Gasteiger charge is -2.42. The predicted molar refractivity (Wildman–Crippen MR) is 299 cm³/mol. The summed E-state index contributed by atoms with van der Waals surface area (Å²) >= 11 is 0. The van der Waals surface area contributed by atoms with Gasteiger partial charge in [-0.2, -0.15) is 0 Å². The molecule has 0 spiro atoms. The molecule has 2 heterocycles. The smallest absolute Gasteiger partial charge is 0.179 e. The van der Waals surface area contributed by atoms with Crippen molar-refractivity contribution in [3.63, 3.8) is 0 Å². The van der Waals surface area contributed by atoms with E-state index >= 15 is 0 Å². The molecular formula is C68H46N2Si. The van der Waals surface area contributed by atoms with Crippen LogP contribution in [0.15, 0.2) is 267 Å². The molecule has 0 atom stereocenters. The van der Waals surface area contributed by atoms with E-state index in [1.165, 1.54) is 115 Å². The Kier molecular flexibility index (Phi) is 8.84. The first kappa shape index (κ1) is 40.2. The summed E-state index contributed by atoms with van der Waals surface area (Å²) < 4.78 is 5.03. The molecule has 11 aromatic carbocycles. The Morgan fingerprint density at radius 2 is 0.732 bits per heavy atom. The second-order valence-electron chi connectivity index (χ2n) is 19.5. The van der Waals surface area contributed by atoms with Crippen LogP contribution >= 0.6 is 0 Å². The fraction of sp³-hybridized carbons (Fsp3) is 0.0294. The monoisotopic (exact) mass is 918 g/mol. The van der Waals surface area contributed by atoms with E-state index < -0.39 is 8.07 Å². The predicted octanol–water partition coefficient (Wildman–Crippen LogP) is 13.9. The van der Waals surface area contributed by atoms with Crippen LogP contribution < -0.4 is 20.7 Å². The molecule has 0 fully saturated rings. The third-order valence-electron chi connectivity index (χ3n) is 16.0. The summed E-state index contributed by atoms with van der Waals surface area (Å²) in [5, 5.41) is 10.6. The van der Waals surface area contributed by atoms with Gasteiger partial charge in [0.25, 0.3) is 0 Å². The second kappa shape index (κ2) is 15.6. The average molecular weight is 919 g/mol. The van der Waals surface area contributed by atoms with E-state index in [1.54, 1.807) is 0 Å². The molecule has 0 radical (unpaired) electrons. The van der Waals surface area contributed by atoms with E-state index in [4.69, 9.17) is 0 Å². The van der Waals surface area contributed by atoms with Crippen molar-refractivity contribution in [2.24, 2.45) is 0 Å². The minimum Gasteiger partial charge on any atom is -0.309 e. The molecule has 0 aliphatic heterocycles. The maximum Gasteiger partial charge on any atom is 0.179 e. The zero-order chi connectivity index (χ0) is 46.6. The number of rotatable bonds is 7. The number of hydrogen-bond donors (Lipinski definition) is 0. The van der Waals surface area contributed by atoms with E-state index in [1.807, 2.05) is 0 Å². The number of para-hydroxylation sites is 2. The van der Waals surface area contributed by atoms with Crippen LogP contribution in [0.1, 0.15) is 45.2 Å². The molecule has 16 rings (SSSR count). The molecule has 13 aromatic rings. The van der Waals surface area contributed by atoms with Crippen LogP contribution in [-0.2, 0) is 0 Å². The van der Waals surface area contributed by atoms with E-state index in [2.05, 4.69) is 276 Å². The summed E-state index contributed by atoms with van der Waals surface area (Å²) in [6, 6.07) is 101. The molecular weight excluding hydrogens is 873 g/mol. The molecule has 0 amide bonds. The highest BCUT2D eigenvalue weighted by atomic mass is 28.3. The molecule has 332 valence electrons. The van der Waals surface area contributed by atoms with Crippen LogP contribution in [0.2, 0.25) is 0 Å². The van der Waals surface area contributed by atoms with Gasteiger partial charge in [0, 0.05) is 44.8 Å². The minimum atomic E-state index is -2.91. The van der Waals surface area contributed by atoms with Crippen LogP contribution in [-0.4, -0.2) is 17.2 Å². The van der Waals surface area contributed by atoms with E-state index in [9.17, 15) is 0 Å². The van der Waals surface area contributed by atoms with Gasteiger partial charge in [-0.15, -0.1) is 0 Å². The van der Waals surface area contributed by atoms with Crippen molar-refractivity contribution in [2.75, 3.05) is 0 Å². The molecule has 2 nitrogen and oxygen atoms in total. The van der Waals surface area contributed by atoms with Crippen LogP contribution in [0, 0.1) is 0 Å². The number of hydrogen-bond acceptors (Lipinski definition) is 0. The van der Waals surface area contributed by atoms with E-state index in [0.29, 0.717) is 0 Å². The van der Waals surface area contributed by atoms with Gasteiger partial charge in [-0.3, -0.25) is 0 Å². The van der Waals surface area contributed by atoms with E-state index in [0.717, 1.165) is 5.69 Å². The minimum absolute atomic E-state index is 0.181. The van der Waals surface area contributed by atoms with Crippen LogP contribution in [0.5, 0.6) is 0 Å². The Labute approximate surface area is 414 Å². The highest BCUT2D eigenvalue weighted by Crippen LogP contribution is 2.58. The number of aromatic nitrogens is 2. The van der Waals surface area contributed by atoms with Gasteiger partial charge in [0.05, 0.1) is 22.1 Å². The summed E-state index contributed by atoms with van der Waals surface area (Å²) in [7, 11) is -2.91. The van der Waals surface area contributed by atoms with Gasteiger partial charge in [-0.05, 0) is 114 Å². The zero-order valence-electron chi connectivity index (χ0n) is 39.0. The van der Waals surface area contributed by atoms with Crippen molar-refractivity contribution in [1.82, 2.24) is 9.13 Å². The fourth-order valence-electron chi connectivity index (χ4n) is 13.2. The summed E-state index contributed by atoms with van der Waals surface area (Å²) in [6.07, 6.45) is 0. The first-order valence-corrected chi connectivity index (χ1v) is 26.9. The first-order valence-electron chi connectivity index (χ1n) is 24.9. The molecule has 0 saturated carbocycles. The zero-order valence-corrected chi connectivity index (χ0v) is 40.0. The average Bonchev–Trinajstić information content (AvgIpc) is 3.97. The van der Waals surface area contributed by atoms with Crippen molar-refractivity contribution in [1.29, 1.82) is 0 Å². The lowest BCUT2D eigenvalue weighted by molar-refractivity contribution is 0.761. The fourth-order valence-corrected chi connectivity index (χ4v) is 18.0. The first-order chi connectivity index (χ1) is 35.3. The second-order valence-corrected chi connectivity index (χ2v) is 23.3. The molecule has 3 aliphatic rings. The highest BCUT2D eigenvalue weighted by Gasteiger charge is 2.44. The highest BCUT2D eigenvalue weighted by molar-refractivity contribution is 7.20. The summed E-state index contributed by atoms with van der Waals surface area (Å²) in [4.78, 5) is 0. The third-order valence-corrected chi connectivity index (χ3v) is 20.8. The van der Waals surface area contributed by atoms with Crippen molar-refractivity contribution in [3.05, 3.63) is 300 Å². The number of nitrogens with zero attached hydrogens (tertiary/aromatic N) is 2. The molecule has 0 N–H and O–H groups in total. The standard InChI is InChI=1S/C68H46N2Si/c1-4-20-45(21-5-1)46-22-18-28-51(42-46)71(49-24-6-2-7-25-49,50-26-8-3-9-27-50)52-29-19-23-47(43-52)69-61-36-16-14-30-53(61)60-44-48(38-40-63(60)69)70-62-37-17-15-35-58(62)67-64(70)41-39-59-65-54-31-10-12-33-56(54)66(68(59)67)57-34-13-11-32-55(57)65/h1-44,65-66H. The molecule has 0 unspecified atom stereocenters. The van der Waals surface area contributed by atoms with Gasteiger partial charge in [0.1, 0.15) is 0 Å². The maximum absolute atomic E-state index is 2.91. The Morgan fingerprint density at radius 3 is 1.41 bits per heavy atom. The number of fused-ring (bicyclic) bond motifs is 6. The lowest BCUT2D eigenvalue weighted by Crippen LogP contribution is -2.74. The Hall–Kier alpha value is -8.76. The molecule has 2 bridgehead atoms. The van der Waals surface area contributed by atoms with Crippen LogP contribution in [0.3, 0.4) is 0 Å². The topological polar surface area (TPSA) is 9.86 Å². The molecule has 3 heteroatoms. The Bertz CT molecular complexity index is 4150.